The molecule has 0 aromatic carbocycles. The first-order valence-corrected chi connectivity index (χ1v) is 5.31. The van der Waals surface area contributed by atoms with Gasteiger partial charge in [0.1, 0.15) is 5.82 Å². The Morgan fingerprint density at radius 2 is 1.87 bits per heavy atom. The lowest BCUT2D eigenvalue weighted by Gasteiger charge is -2.03. The molecule has 2 aromatic heterocycles. The number of fused-ring (bicyclic) bond motifs is 1. The molecule has 0 atom stereocenters. The Hall–Kier alpha value is -1.38. The van der Waals surface area contributed by atoms with Gasteiger partial charge in [0, 0.05) is 13.2 Å². The number of nitrogens with zero attached hydrogens (tertiary/aromatic N) is 3. The van der Waals surface area contributed by atoms with Gasteiger partial charge in [-0.3, -0.25) is 0 Å². The first-order valence-electron chi connectivity index (χ1n) is 5.31. The molecule has 2 aromatic rings. The third-order valence-corrected chi connectivity index (χ3v) is 2.75. The van der Waals surface area contributed by atoms with E-state index in [1.165, 1.54) is 5.56 Å². The predicted molar refractivity (Wildman–Crippen MR) is 62.1 cm³/mol. The van der Waals surface area contributed by atoms with Crippen LogP contribution in [-0.4, -0.2) is 14.5 Å². The topological polar surface area (TPSA) is 30.7 Å². The van der Waals surface area contributed by atoms with Crippen molar-refractivity contribution in [2.75, 3.05) is 0 Å². The fourth-order valence-corrected chi connectivity index (χ4v) is 2.09. The summed E-state index contributed by atoms with van der Waals surface area (Å²) in [6.45, 7) is 8.38. The lowest BCUT2D eigenvalue weighted by atomic mass is 10.1. The lowest BCUT2D eigenvalue weighted by molar-refractivity contribution is 0.855. The van der Waals surface area contributed by atoms with Gasteiger partial charge in [-0.25, -0.2) is 9.97 Å². The van der Waals surface area contributed by atoms with Crippen molar-refractivity contribution in [1.82, 2.24) is 14.5 Å². The SMILES string of the molecule is Cc1nc(C)c2c(n1)c(C(C)C)cn2C. The molecule has 0 unspecified atom stereocenters. The summed E-state index contributed by atoms with van der Waals surface area (Å²) < 4.78 is 2.12. The standard InChI is InChI=1S/C12H17N3/c1-7(2)10-6-15(5)12-8(3)13-9(4)14-11(10)12/h6-7H,1-5H3. The summed E-state index contributed by atoms with van der Waals surface area (Å²) in [5, 5.41) is 0. The molecule has 0 spiro atoms. The van der Waals surface area contributed by atoms with Crippen molar-refractivity contribution in [1.29, 1.82) is 0 Å². The molecule has 2 rings (SSSR count). The van der Waals surface area contributed by atoms with Crippen molar-refractivity contribution in [2.24, 2.45) is 7.05 Å². The Morgan fingerprint density at radius 3 is 2.47 bits per heavy atom. The summed E-state index contributed by atoms with van der Waals surface area (Å²) >= 11 is 0. The molecule has 0 radical (unpaired) electrons. The van der Waals surface area contributed by atoms with E-state index in [4.69, 9.17) is 0 Å². The highest BCUT2D eigenvalue weighted by atomic mass is 15.0. The first-order chi connectivity index (χ1) is 7.00. The summed E-state index contributed by atoms with van der Waals surface area (Å²) in [5.74, 6) is 1.36. The van der Waals surface area contributed by atoms with Gasteiger partial charge >= 0.3 is 0 Å². The second-order valence-electron chi connectivity index (χ2n) is 4.40. The monoisotopic (exact) mass is 203 g/mol. The Kier molecular flexibility index (Phi) is 2.25. The van der Waals surface area contributed by atoms with Crippen molar-refractivity contribution in [2.45, 2.75) is 33.6 Å². The molecule has 80 valence electrons. The van der Waals surface area contributed by atoms with E-state index in [0.29, 0.717) is 5.92 Å². The van der Waals surface area contributed by atoms with E-state index in [1.807, 2.05) is 13.8 Å². The predicted octanol–water partition coefficient (Wildman–Crippen LogP) is 2.71. The minimum absolute atomic E-state index is 0.502. The van der Waals surface area contributed by atoms with Gasteiger partial charge in [-0.15, -0.1) is 0 Å². The molecule has 0 bridgehead atoms. The number of aromatic nitrogens is 3. The van der Waals surface area contributed by atoms with E-state index in [9.17, 15) is 0 Å². The summed E-state index contributed by atoms with van der Waals surface area (Å²) in [5.41, 5.74) is 4.63. The van der Waals surface area contributed by atoms with Gasteiger partial charge in [0.25, 0.3) is 0 Å². The molecule has 0 aliphatic carbocycles. The molecule has 0 aliphatic heterocycles. The van der Waals surface area contributed by atoms with E-state index in [2.05, 4.69) is 41.6 Å². The van der Waals surface area contributed by atoms with Crippen molar-refractivity contribution in [3.05, 3.63) is 23.3 Å². The maximum absolute atomic E-state index is 4.55. The highest BCUT2D eigenvalue weighted by Crippen LogP contribution is 2.26. The van der Waals surface area contributed by atoms with Gasteiger partial charge in [-0.1, -0.05) is 13.8 Å². The zero-order valence-corrected chi connectivity index (χ0v) is 10.00. The summed E-state index contributed by atoms with van der Waals surface area (Å²) in [6.07, 6.45) is 2.16. The Bertz CT molecular complexity index is 509. The van der Waals surface area contributed by atoms with E-state index >= 15 is 0 Å². The van der Waals surface area contributed by atoms with Crippen LogP contribution in [0.25, 0.3) is 11.0 Å². The van der Waals surface area contributed by atoms with Gasteiger partial charge < -0.3 is 4.57 Å². The number of aryl methyl sites for hydroxylation is 3. The van der Waals surface area contributed by atoms with E-state index in [1.54, 1.807) is 0 Å². The quantitative estimate of drug-likeness (QED) is 0.713. The number of hydrogen-bond acceptors (Lipinski definition) is 2. The van der Waals surface area contributed by atoms with Crippen LogP contribution in [0, 0.1) is 13.8 Å². The van der Waals surface area contributed by atoms with Crippen LogP contribution in [-0.2, 0) is 7.05 Å². The fourth-order valence-electron chi connectivity index (χ4n) is 2.09. The van der Waals surface area contributed by atoms with Gasteiger partial charge in [0.05, 0.1) is 16.7 Å². The molecule has 0 fully saturated rings. The van der Waals surface area contributed by atoms with Crippen LogP contribution in [0.15, 0.2) is 6.20 Å². The summed E-state index contributed by atoms with van der Waals surface area (Å²) in [6, 6.07) is 0. The molecule has 3 heteroatoms. The minimum Gasteiger partial charge on any atom is -0.347 e. The molecule has 0 saturated carbocycles. The molecule has 0 N–H and O–H groups in total. The third-order valence-electron chi connectivity index (χ3n) is 2.75. The average Bonchev–Trinajstić information content (AvgIpc) is 2.42. The second-order valence-corrected chi connectivity index (χ2v) is 4.40. The largest absolute Gasteiger partial charge is 0.347 e. The molecule has 0 aliphatic rings. The third kappa shape index (κ3) is 1.52. The van der Waals surface area contributed by atoms with Gasteiger partial charge in [0.2, 0.25) is 0 Å². The molecule has 3 nitrogen and oxygen atoms in total. The zero-order valence-electron chi connectivity index (χ0n) is 10.00. The number of hydrogen-bond donors (Lipinski definition) is 0. The van der Waals surface area contributed by atoms with Crippen molar-refractivity contribution >= 4 is 11.0 Å². The van der Waals surface area contributed by atoms with Crippen molar-refractivity contribution < 1.29 is 0 Å². The van der Waals surface area contributed by atoms with Crippen LogP contribution in [0.1, 0.15) is 36.8 Å². The second kappa shape index (κ2) is 3.33. The highest BCUT2D eigenvalue weighted by molar-refractivity contribution is 5.82. The van der Waals surface area contributed by atoms with Crippen LogP contribution in [0.5, 0.6) is 0 Å². The minimum atomic E-state index is 0.502. The Morgan fingerprint density at radius 1 is 1.20 bits per heavy atom. The molecule has 0 amide bonds. The lowest BCUT2D eigenvalue weighted by Crippen LogP contribution is -1.96. The van der Waals surface area contributed by atoms with Gasteiger partial charge in [-0.05, 0) is 25.3 Å². The maximum atomic E-state index is 4.55. The van der Waals surface area contributed by atoms with Crippen LogP contribution >= 0.6 is 0 Å². The fraction of sp³-hybridized carbons (Fsp3) is 0.500. The maximum Gasteiger partial charge on any atom is 0.126 e. The van der Waals surface area contributed by atoms with Crippen LogP contribution in [0.4, 0.5) is 0 Å². The van der Waals surface area contributed by atoms with E-state index < -0.39 is 0 Å². The van der Waals surface area contributed by atoms with Gasteiger partial charge in [-0.2, -0.15) is 0 Å². The average molecular weight is 203 g/mol. The van der Waals surface area contributed by atoms with Crippen LogP contribution < -0.4 is 0 Å². The zero-order chi connectivity index (χ0) is 11.2. The summed E-state index contributed by atoms with van der Waals surface area (Å²) in [4.78, 5) is 8.95. The van der Waals surface area contributed by atoms with E-state index in [-0.39, 0.29) is 0 Å². The Balaban J connectivity index is 2.87. The normalized spacial score (nSPS) is 11.6. The highest BCUT2D eigenvalue weighted by Gasteiger charge is 2.13. The van der Waals surface area contributed by atoms with Crippen LogP contribution in [0.2, 0.25) is 0 Å². The first kappa shape index (κ1) is 10.1. The van der Waals surface area contributed by atoms with Gasteiger partial charge in [0.15, 0.2) is 0 Å². The molecular formula is C12H17N3. The Labute approximate surface area is 90.2 Å². The molecular weight excluding hydrogens is 186 g/mol. The smallest absolute Gasteiger partial charge is 0.126 e. The van der Waals surface area contributed by atoms with E-state index in [0.717, 1.165) is 22.6 Å². The molecule has 2 heterocycles. The van der Waals surface area contributed by atoms with Crippen molar-refractivity contribution in [3.8, 4) is 0 Å². The molecule has 15 heavy (non-hydrogen) atoms. The molecule has 0 saturated heterocycles. The van der Waals surface area contributed by atoms with Crippen LogP contribution in [0.3, 0.4) is 0 Å². The van der Waals surface area contributed by atoms with Crippen molar-refractivity contribution in [3.63, 3.8) is 0 Å². The number of rotatable bonds is 1. The summed E-state index contributed by atoms with van der Waals surface area (Å²) in [7, 11) is 2.06.